The first-order valence-electron chi connectivity index (χ1n) is 7.94. The topological polar surface area (TPSA) is 67.5 Å². The Hall–Kier alpha value is -1.56. The van der Waals surface area contributed by atoms with Gasteiger partial charge in [-0.05, 0) is 38.8 Å². The molecule has 0 unspecified atom stereocenters. The summed E-state index contributed by atoms with van der Waals surface area (Å²) in [5.41, 5.74) is 5.75. The van der Waals surface area contributed by atoms with Crippen molar-refractivity contribution in [2.45, 2.75) is 38.1 Å². The number of rotatable bonds is 3. The van der Waals surface area contributed by atoms with Gasteiger partial charge in [-0.15, -0.1) is 0 Å². The molecule has 3 heterocycles. The molecule has 0 bridgehead atoms. The summed E-state index contributed by atoms with van der Waals surface area (Å²) >= 11 is 0. The van der Waals surface area contributed by atoms with Gasteiger partial charge in [0.05, 0.1) is 7.11 Å². The molecule has 116 valence electrons. The number of nitrogens with zero attached hydrogens (tertiary/aromatic N) is 4. The van der Waals surface area contributed by atoms with Crippen LogP contribution in [0.4, 0.5) is 11.8 Å². The lowest BCUT2D eigenvalue weighted by Gasteiger charge is -2.40. The number of nitrogen functional groups attached to an aromatic ring is 1. The van der Waals surface area contributed by atoms with Gasteiger partial charge in [0.25, 0.3) is 0 Å². The number of ether oxygens (including phenoxy) is 1. The fourth-order valence-corrected chi connectivity index (χ4v) is 3.44. The van der Waals surface area contributed by atoms with Gasteiger partial charge in [-0.25, -0.2) is 0 Å². The van der Waals surface area contributed by atoms with Crippen molar-refractivity contribution in [2.24, 2.45) is 0 Å². The Bertz CT molecular complexity index is 467. The maximum atomic E-state index is 5.75. The molecular weight excluding hydrogens is 266 g/mol. The van der Waals surface area contributed by atoms with Gasteiger partial charge in [-0.3, -0.25) is 0 Å². The summed E-state index contributed by atoms with van der Waals surface area (Å²) < 4.78 is 5.18. The van der Waals surface area contributed by atoms with Crippen LogP contribution in [-0.2, 0) is 0 Å². The van der Waals surface area contributed by atoms with Gasteiger partial charge in [0.2, 0.25) is 11.8 Å². The summed E-state index contributed by atoms with van der Waals surface area (Å²) in [5, 5.41) is 0. The maximum Gasteiger partial charge on any atom is 0.225 e. The monoisotopic (exact) mass is 291 g/mol. The summed E-state index contributed by atoms with van der Waals surface area (Å²) in [4.78, 5) is 13.4. The van der Waals surface area contributed by atoms with E-state index in [9.17, 15) is 0 Å². The molecule has 1 aromatic rings. The first-order chi connectivity index (χ1) is 10.3. The van der Waals surface area contributed by atoms with Crippen LogP contribution in [0, 0.1) is 0 Å². The average Bonchev–Trinajstić information content (AvgIpc) is 2.55. The molecule has 0 saturated carbocycles. The minimum atomic E-state index is 0.280. The van der Waals surface area contributed by atoms with Gasteiger partial charge >= 0.3 is 0 Å². The summed E-state index contributed by atoms with van der Waals surface area (Å²) in [7, 11) is 1.61. The lowest BCUT2D eigenvalue weighted by Crippen LogP contribution is -2.47. The highest BCUT2D eigenvalue weighted by molar-refractivity contribution is 5.45. The lowest BCUT2D eigenvalue weighted by molar-refractivity contribution is 0.141. The summed E-state index contributed by atoms with van der Waals surface area (Å²) in [6.07, 6.45) is 6.52. The highest BCUT2D eigenvalue weighted by atomic mass is 16.5. The van der Waals surface area contributed by atoms with E-state index in [1.54, 1.807) is 7.11 Å². The minimum absolute atomic E-state index is 0.280. The van der Waals surface area contributed by atoms with E-state index in [0.29, 0.717) is 5.88 Å². The molecule has 1 aromatic heterocycles. The van der Waals surface area contributed by atoms with Crippen molar-refractivity contribution in [3.63, 3.8) is 0 Å². The first-order valence-corrected chi connectivity index (χ1v) is 7.94. The van der Waals surface area contributed by atoms with E-state index in [-0.39, 0.29) is 5.95 Å². The van der Waals surface area contributed by atoms with Crippen LogP contribution in [0.5, 0.6) is 5.88 Å². The Kier molecular flexibility index (Phi) is 4.43. The van der Waals surface area contributed by atoms with Gasteiger partial charge in [0.1, 0.15) is 5.82 Å². The average molecular weight is 291 g/mol. The van der Waals surface area contributed by atoms with Crippen LogP contribution in [0.3, 0.4) is 0 Å². The molecule has 0 amide bonds. The van der Waals surface area contributed by atoms with Crippen LogP contribution < -0.4 is 15.4 Å². The molecule has 2 saturated heterocycles. The molecule has 2 fully saturated rings. The molecule has 0 atom stereocenters. The zero-order valence-corrected chi connectivity index (χ0v) is 12.8. The number of piperidine rings is 2. The van der Waals surface area contributed by atoms with Crippen molar-refractivity contribution in [1.82, 2.24) is 14.9 Å². The van der Waals surface area contributed by atoms with Crippen LogP contribution in [0.2, 0.25) is 0 Å². The molecule has 0 aliphatic carbocycles. The van der Waals surface area contributed by atoms with E-state index in [0.717, 1.165) is 24.9 Å². The number of anilines is 2. The molecule has 21 heavy (non-hydrogen) atoms. The van der Waals surface area contributed by atoms with Crippen molar-refractivity contribution >= 4 is 11.8 Å². The number of hydrogen-bond acceptors (Lipinski definition) is 6. The molecule has 0 aromatic carbocycles. The van der Waals surface area contributed by atoms with Gasteiger partial charge in [-0.2, -0.15) is 9.97 Å². The molecule has 0 spiro atoms. The number of methoxy groups -OCH3 is 1. The Labute approximate surface area is 126 Å². The van der Waals surface area contributed by atoms with Crippen LogP contribution in [0.15, 0.2) is 6.07 Å². The van der Waals surface area contributed by atoms with Gasteiger partial charge < -0.3 is 20.3 Å². The third-order valence-corrected chi connectivity index (χ3v) is 4.61. The lowest BCUT2D eigenvalue weighted by atomic mass is 10.00. The maximum absolute atomic E-state index is 5.75. The second kappa shape index (κ2) is 6.47. The largest absolute Gasteiger partial charge is 0.481 e. The zero-order valence-electron chi connectivity index (χ0n) is 12.8. The van der Waals surface area contributed by atoms with Gasteiger partial charge in [-0.1, -0.05) is 6.42 Å². The van der Waals surface area contributed by atoms with Crippen LogP contribution in [0.25, 0.3) is 0 Å². The van der Waals surface area contributed by atoms with E-state index >= 15 is 0 Å². The number of nitrogens with two attached hydrogens (primary N) is 1. The fraction of sp³-hybridized carbons (Fsp3) is 0.733. The second-order valence-corrected chi connectivity index (χ2v) is 5.94. The molecular formula is C15H25N5O. The van der Waals surface area contributed by atoms with Crippen molar-refractivity contribution in [3.05, 3.63) is 6.07 Å². The van der Waals surface area contributed by atoms with Crippen molar-refractivity contribution in [1.29, 1.82) is 0 Å². The minimum Gasteiger partial charge on any atom is -0.481 e. The fourth-order valence-electron chi connectivity index (χ4n) is 3.44. The Morgan fingerprint density at radius 3 is 2.48 bits per heavy atom. The quantitative estimate of drug-likeness (QED) is 0.911. The smallest absolute Gasteiger partial charge is 0.225 e. The zero-order chi connectivity index (χ0) is 14.7. The van der Waals surface area contributed by atoms with Gasteiger partial charge in [0.15, 0.2) is 0 Å². The molecule has 6 nitrogen and oxygen atoms in total. The Morgan fingerprint density at radius 2 is 1.81 bits per heavy atom. The van der Waals surface area contributed by atoms with Crippen molar-refractivity contribution < 1.29 is 4.74 Å². The normalized spacial score (nSPS) is 21.5. The molecule has 2 aliphatic heterocycles. The third-order valence-electron chi connectivity index (χ3n) is 4.61. The number of hydrogen-bond donors (Lipinski definition) is 1. The predicted octanol–water partition coefficient (Wildman–Crippen LogP) is 1.52. The predicted molar refractivity (Wildman–Crippen MR) is 83.7 cm³/mol. The summed E-state index contributed by atoms with van der Waals surface area (Å²) in [6.45, 7) is 4.61. The van der Waals surface area contributed by atoms with E-state index in [2.05, 4.69) is 19.8 Å². The molecule has 3 rings (SSSR count). The standard InChI is InChI=1S/C15H25N5O/c1-21-14-11-13(17-15(16)18-14)20-9-5-12(6-10-20)19-7-3-2-4-8-19/h11-12H,2-10H2,1H3,(H2,16,17,18). The first kappa shape index (κ1) is 14.4. The highest BCUT2D eigenvalue weighted by Crippen LogP contribution is 2.25. The van der Waals surface area contributed by atoms with Crippen LogP contribution in [-0.4, -0.2) is 54.2 Å². The molecule has 2 aliphatic rings. The van der Waals surface area contributed by atoms with E-state index in [1.807, 2.05) is 6.07 Å². The molecule has 6 heteroatoms. The SMILES string of the molecule is COc1cc(N2CCC(N3CCCCC3)CC2)nc(N)n1. The highest BCUT2D eigenvalue weighted by Gasteiger charge is 2.26. The number of aromatic nitrogens is 2. The van der Waals surface area contributed by atoms with E-state index in [1.165, 1.54) is 45.2 Å². The molecule has 0 radical (unpaired) electrons. The second-order valence-electron chi connectivity index (χ2n) is 5.94. The van der Waals surface area contributed by atoms with E-state index in [4.69, 9.17) is 10.5 Å². The van der Waals surface area contributed by atoms with Crippen molar-refractivity contribution in [3.8, 4) is 5.88 Å². The van der Waals surface area contributed by atoms with Crippen molar-refractivity contribution in [2.75, 3.05) is 43.9 Å². The summed E-state index contributed by atoms with van der Waals surface area (Å²) in [6, 6.07) is 2.61. The van der Waals surface area contributed by atoms with Crippen LogP contribution in [0.1, 0.15) is 32.1 Å². The Morgan fingerprint density at radius 1 is 1.10 bits per heavy atom. The number of likely N-dealkylation sites (tertiary alicyclic amines) is 1. The molecule has 2 N–H and O–H groups in total. The Balaban J connectivity index is 1.61. The summed E-state index contributed by atoms with van der Waals surface area (Å²) in [5.74, 6) is 1.70. The van der Waals surface area contributed by atoms with E-state index < -0.39 is 0 Å². The van der Waals surface area contributed by atoms with Crippen LogP contribution >= 0.6 is 0 Å². The third kappa shape index (κ3) is 3.37. The van der Waals surface area contributed by atoms with Gasteiger partial charge in [0, 0.05) is 25.2 Å².